The first kappa shape index (κ1) is 9.01. The van der Waals surface area contributed by atoms with Gasteiger partial charge in [-0.1, -0.05) is 0 Å². The number of aliphatic hydroxyl groups is 1. The fraction of sp³-hybridized carbons (Fsp3) is 0.500. The van der Waals surface area contributed by atoms with Gasteiger partial charge in [0, 0.05) is 13.1 Å². The van der Waals surface area contributed by atoms with E-state index in [1.54, 1.807) is 4.90 Å². The van der Waals surface area contributed by atoms with Gasteiger partial charge < -0.3 is 19.5 Å². The number of carboxylic acid groups (broad SMARTS) is 1. The maximum atomic E-state index is 10.5. The highest BCUT2D eigenvalue weighted by atomic mass is 16.4. The van der Waals surface area contributed by atoms with Gasteiger partial charge in [-0.2, -0.15) is 4.98 Å². The Balaban J connectivity index is 2.13. The monoisotopic (exact) mass is 198 g/mol. The minimum Gasteiger partial charge on any atom is -0.476 e. The molecule has 2 heterocycles. The van der Waals surface area contributed by atoms with E-state index in [1.807, 2.05) is 0 Å². The van der Waals surface area contributed by atoms with E-state index in [9.17, 15) is 9.90 Å². The van der Waals surface area contributed by atoms with Gasteiger partial charge >= 0.3 is 5.97 Å². The lowest BCUT2D eigenvalue weighted by Gasteiger charge is -2.10. The van der Waals surface area contributed by atoms with Gasteiger partial charge in [-0.25, -0.2) is 4.79 Å². The standard InChI is InChI=1S/C8H10N2O4/c11-5-1-2-10(3-5)8-9-6(4-14-8)7(12)13/h4-5,11H,1-3H2,(H,12,13)/t5-/m0/s1. The fourth-order valence-corrected chi connectivity index (χ4v) is 1.42. The molecule has 2 rings (SSSR count). The van der Waals surface area contributed by atoms with Gasteiger partial charge in [0.2, 0.25) is 0 Å². The molecule has 1 aromatic heterocycles. The van der Waals surface area contributed by atoms with E-state index in [4.69, 9.17) is 9.52 Å². The molecule has 1 fully saturated rings. The molecule has 76 valence electrons. The molecule has 0 saturated carbocycles. The molecule has 1 atom stereocenters. The summed E-state index contributed by atoms with van der Waals surface area (Å²) in [4.78, 5) is 16.0. The number of hydrogen-bond donors (Lipinski definition) is 2. The summed E-state index contributed by atoms with van der Waals surface area (Å²) in [6, 6.07) is 0.263. The molecule has 0 unspecified atom stereocenters. The van der Waals surface area contributed by atoms with Crippen LogP contribution in [0, 0.1) is 0 Å². The fourth-order valence-electron chi connectivity index (χ4n) is 1.42. The van der Waals surface area contributed by atoms with Crippen LogP contribution >= 0.6 is 0 Å². The number of aromatic nitrogens is 1. The Kier molecular flexibility index (Phi) is 2.12. The molecule has 0 radical (unpaired) electrons. The molecule has 1 aromatic rings. The van der Waals surface area contributed by atoms with E-state index in [2.05, 4.69) is 4.98 Å². The van der Waals surface area contributed by atoms with Crippen molar-refractivity contribution in [1.82, 2.24) is 4.98 Å². The molecule has 14 heavy (non-hydrogen) atoms. The molecule has 0 amide bonds. The number of nitrogens with zero attached hydrogens (tertiary/aromatic N) is 2. The number of hydrogen-bond acceptors (Lipinski definition) is 5. The summed E-state index contributed by atoms with van der Waals surface area (Å²) in [5, 5.41) is 17.9. The zero-order chi connectivity index (χ0) is 10.1. The van der Waals surface area contributed by atoms with E-state index in [1.165, 1.54) is 0 Å². The zero-order valence-electron chi connectivity index (χ0n) is 7.38. The van der Waals surface area contributed by atoms with Crippen LogP contribution in [0.4, 0.5) is 6.01 Å². The largest absolute Gasteiger partial charge is 0.476 e. The minimum atomic E-state index is -1.11. The zero-order valence-corrected chi connectivity index (χ0v) is 7.38. The number of aliphatic hydroxyl groups excluding tert-OH is 1. The Hall–Kier alpha value is -1.56. The molecule has 0 aromatic carbocycles. The molecule has 1 saturated heterocycles. The van der Waals surface area contributed by atoms with Gasteiger partial charge in [0.25, 0.3) is 6.01 Å². The van der Waals surface area contributed by atoms with Crippen LogP contribution in [-0.4, -0.2) is 40.4 Å². The van der Waals surface area contributed by atoms with Gasteiger partial charge in [-0.15, -0.1) is 0 Å². The lowest BCUT2D eigenvalue weighted by molar-refractivity contribution is 0.0690. The van der Waals surface area contributed by atoms with E-state index in [0.29, 0.717) is 19.5 Å². The SMILES string of the molecule is O=C(O)c1coc(N2CC[C@H](O)C2)n1. The number of aromatic carboxylic acids is 1. The molecule has 0 spiro atoms. The quantitative estimate of drug-likeness (QED) is 0.692. The Morgan fingerprint density at radius 1 is 1.71 bits per heavy atom. The topological polar surface area (TPSA) is 86.8 Å². The molecular formula is C8H10N2O4. The second kappa shape index (κ2) is 3.30. The molecule has 6 nitrogen and oxygen atoms in total. The molecule has 6 heteroatoms. The van der Waals surface area contributed by atoms with Crippen molar-refractivity contribution in [3.8, 4) is 0 Å². The smallest absolute Gasteiger partial charge is 0.357 e. The molecule has 0 bridgehead atoms. The third kappa shape index (κ3) is 1.56. The lowest BCUT2D eigenvalue weighted by Crippen LogP contribution is -2.21. The normalized spacial score (nSPS) is 21.5. The van der Waals surface area contributed by atoms with Gasteiger partial charge in [-0.3, -0.25) is 0 Å². The summed E-state index contributed by atoms with van der Waals surface area (Å²) in [6.45, 7) is 1.08. The van der Waals surface area contributed by atoms with Crippen molar-refractivity contribution < 1.29 is 19.4 Å². The van der Waals surface area contributed by atoms with Crippen LogP contribution in [0.15, 0.2) is 10.7 Å². The predicted molar refractivity (Wildman–Crippen MR) is 46.3 cm³/mol. The Labute approximate surface area is 79.8 Å². The van der Waals surface area contributed by atoms with Crippen molar-refractivity contribution in [2.75, 3.05) is 18.0 Å². The van der Waals surface area contributed by atoms with Crippen LogP contribution in [0.3, 0.4) is 0 Å². The maximum Gasteiger partial charge on any atom is 0.357 e. The summed E-state index contributed by atoms with van der Waals surface area (Å²) in [7, 11) is 0. The summed E-state index contributed by atoms with van der Waals surface area (Å²) in [5.41, 5.74) is -0.110. The number of carbonyl (C=O) groups is 1. The van der Waals surface area contributed by atoms with Crippen LogP contribution < -0.4 is 4.90 Å². The van der Waals surface area contributed by atoms with Crippen LogP contribution in [0.1, 0.15) is 16.9 Å². The number of anilines is 1. The van der Waals surface area contributed by atoms with Crippen molar-refractivity contribution in [2.45, 2.75) is 12.5 Å². The van der Waals surface area contributed by atoms with Crippen molar-refractivity contribution in [3.63, 3.8) is 0 Å². The summed E-state index contributed by atoms with van der Waals surface area (Å²) < 4.78 is 4.98. The first-order chi connectivity index (χ1) is 6.66. The maximum absolute atomic E-state index is 10.5. The van der Waals surface area contributed by atoms with Crippen molar-refractivity contribution in [2.24, 2.45) is 0 Å². The number of oxazole rings is 1. The Bertz CT molecular complexity index is 349. The summed E-state index contributed by atoms with van der Waals surface area (Å²) >= 11 is 0. The Morgan fingerprint density at radius 2 is 2.50 bits per heavy atom. The first-order valence-corrected chi connectivity index (χ1v) is 4.28. The summed E-state index contributed by atoms with van der Waals surface area (Å²) in [6.07, 6.45) is 1.38. The number of β-amino-alcohol motifs (C(OH)–C–C–N with tert-alkyl or cyclic N) is 1. The van der Waals surface area contributed by atoms with E-state index >= 15 is 0 Å². The van der Waals surface area contributed by atoms with Crippen molar-refractivity contribution in [3.05, 3.63) is 12.0 Å². The first-order valence-electron chi connectivity index (χ1n) is 4.28. The van der Waals surface area contributed by atoms with E-state index < -0.39 is 5.97 Å². The Morgan fingerprint density at radius 3 is 3.00 bits per heavy atom. The van der Waals surface area contributed by atoms with Gasteiger partial charge in [-0.05, 0) is 6.42 Å². The molecule has 1 aliphatic heterocycles. The molecule has 2 N–H and O–H groups in total. The van der Waals surface area contributed by atoms with Crippen LogP contribution in [0.5, 0.6) is 0 Å². The lowest BCUT2D eigenvalue weighted by atomic mass is 10.3. The van der Waals surface area contributed by atoms with Crippen LogP contribution in [-0.2, 0) is 0 Å². The number of rotatable bonds is 2. The number of carboxylic acids is 1. The van der Waals surface area contributed by atoms with Gasteiger partial charge in [0.05, 0.1) is 6.10 Å². The van der Waals surface area contributed by atoms with Crippen LogP contribution in [0.25, 0.3) is 0 Å². The van der Waals surface area contributed by atoms with Gasteiger partial charge in [0.1, 0.15) is 6.26 Å². The van der Waals surface area contributed by atoms with Crippen molar-refractivity contribution >= 4 is 12.0 Å². The van der Waals surface area contributed by atoms with E-state index in [-0.39, 0.29) is 17.8 Å². The van der Waals surface area contributed by atoms with E-state index in [0.717, 1.165) is 6.26 Å². The average Bonchev–Trinajstić information content (AvgIpc) is 2.70. The highest BCUT2D eigenvalue weighted by Gasteiger charge is 2.24. The van der Waals surface area contributed by atoms with Crippen molar-refractivity contribution in [1.29, 1.82) is 0 Å². The predicted octanol–water partition coefficient (Wildman–Crippen LogP) is -0.0562. The third-order valence-electron chi connectivity index (χ3n) is 2.15. The second-order valence-corrected chi connectivity index (χ2v) is 3.21. The average molecular weight is 198 g/mol. The highest BCUT2D eigenvalue weighted by Crippen LogP contribution is 2.19. The molecular weight excluding hydrogens is 188 g/mol. The van der Waals surface area contributed by atoms with Crippen LogP contribution in [0.2, 0.25) is 0 Å². The summed E-state index contributed by atoms with van der Waals surface area (Å²) in [5.74, 6) is -1.11. The minimum absolute atomic E-state index is 0.110. The van der Waals surface area contributed by atoms with Gasteiger partial charge in [0.15, 0.2) is 5.69 Å². The highest BCUT2D eigenvalue weighted by molar-refractivity contribution is 5.85. The third-order valence-corrected chi connectivity index (χ3v) is 2.15. The molecule has 1 aliphatic rings. The second-order valence-electron chi connectivity index (χ2n) is 3.21. The molecule has 0 aliphatic carbocycles.